The fourth-order valence-corrected chi connectivity index (χ4v) is 4.79. The van der Waals surface area contributed by atoms with E-state index in [1.807, 2.05) is 32.0 Å². The van der Waals surface area contributed by atoms with Gasteiger partial charge in [-0.15, -0.1) is 0 Å². The highest BCUT2D eigenvalue weighted by atomic mass is 16.5. The second-order valence-corrected chi connectivity index (χ2v) is 8.90. The van der Waals surface area contributed by atoms with Crippen molar-refractivity contribution in [2.24, 2.45) is 5.92 Å². The molecule has 1 aliphatic heterocycles. The molecule has 1 unspecified atom stereocenters. The number of phenols is 1. The fourth-order valence-electron chi connectivity index (χ4n) is 4.79. The number of aromatic hydroxyl groups is 1. The summed E-state index contributed by atoms with van der Waals surface area (Å²) in [6.07, 6.45) is 1.09. The Balaban J connectivity index is 1.80. The van der Waals surface area contributed by atoms with Gasteiger partial charge in [0.15, 0.2) is 17.3 Å². The zero-order valence-electron chi connectivity index (χ0n) is 19.6. The quantitative estimate of drug-likeness (QED) is 0.655. The van der Waals surface area contributed by atoms with Crippen molar-refractivity contribution in [3.63, 3.8) is 0 Å². The van der Waals surface area contributed by atoms with Gasteiger partial charge in [-0.1, -0.05) is 29.3 Å². The Morgan fingerprint density at radius 3 is 2.38 bits per heavy atom. The number of fused-ring (bicyclic) bond motifs is 3. The van der Waals surface area contributed by atoms with Crippen molar-refractivity contribution in [1.29, 1.82) is 0 Å². The van der Waals surface area contributed by atoms with Crippen LogP contribution >= 0.6 is 0 Å². The van der Waals surface area contributed by atoms with Crippen LogP contribution in [0.1, 0.15) is 46.5 Å². The van der Waals surface area contributed by atoms with Crippen LogP contribution in [-0.2, 0) is 26.3 Å². The van der Waals surface area contributed by atoms with Crippen LogP contribution in [0.15, 0.2) is 36.1 Å². The largest absolute Gasteiger partial charge is 0.507 e. The van der Waals surface area contributed by atoms with Gasteiger partial charge in [0.05, 0.1) is 12.7 Å². The molecule has 0 radical (unpaired) electrons. The van der Waals surface area contributed by atoms with Gasteiger partial charge in [-0.2, -0.15) is 0 Å². The van der Waals surface area contributed by atoms with Crippen LogP contribution in [0.3, 0.4) is 0 Å². The van der Waals surface area contributed by atoms with Crippen molar-refractivity contribution >= 4 is 23.3 Å². The van der Waals surface area contributed by atoms with Crippen LogP contribution in [0.25, 0.3) is 0 Å². The number of hydrogen-bond acceptors (Lipinski definition) is 7. The maximum Gasteiger partial charge on any atom is 0.259 e. The maximum atomic E-state index is 13.3. The fraction of sp³-hybridized carbons (Fsp3) is 0.308. The smallest absolute Gasteiger partial charge is 0.259 e. The van der Waals surface area contributed by atoms with Gasteiger partial charge in [0.1, 0.15) is 39.9 Å². The average molecular weight is 463 g/mol. The van der Waals surface area contributed by atoms with E-state index in [9.17, 15) is 24.3 Å². The van der Waals surface area contributed by atoms with Gasteiger partial charge in [-0.3, -0.25) is 19.2 Å². The van der Waals surface area contributed by atoms with Crippen molar-refractivity contribution in [1.82, 2.24) is 5.32 Å². The molecule has 176 valence electrons. The van der Waals surface area contributed by atoms with E-state index in [2.05, 4.69) is 5.32 Å². The lowest BCUT2D eigenvalue weighted by Crippen LogP contribution is -2.47. The summed E-state index contributed by atoms with van der Waals surface area (Å²) in [5.74, 6) is -4.44. The first kappa shape index (κ1) is 23.2. The number of aryl methyl sites for hydroxylation is 2. The number of carbonyl (C=O) groups excluding carboxylic acids is 4. The number of methoxy groups -OCH3 is 1. The predicted octanol–water partition coefficient (Wildman–Crippen LogP) is 2.84. The molecule has 0 aromatic heterocycles. The third-order valence-electron chi connectivity index (χ3n) is 6.33. The van der Waals surface area contributed by atoms with Crippen molar-refractivity contribution in [2.45, 2.75) is 39.7 Å². The lowest BCUT2D eigenvalue weighted by Gasteiger charge is -2.30. The van der Waals surface area contributed by atoms with E-state index in [0.29, 0.717) is 0 Å². The SMILES string of the molecule is COc1cc(O)c2c(c1C(=O)NCc1cc(C)cc(C)c1)OC1=CC(=O)C(C(C)=O)C(=O)[C@]12C. The van der Waals surface area contributed by atoms with E-state index in [4.69, 9.17) is 9.47 Å². The zero-order chi connectivity index (χ0) is 24.9. The highest BCUT2D eigenvalue weighted by molar-refractivity contribution is 6.27. The number of rotatable bonds is 5. The van der Waals surface area contributed by atoms with E-state index in [1.165, 1.54) is 27.0 Å². The molecule has 8 nitrogen and oxygen atoms in total. The Kier molecular flexibility index (Phi) is 5.55. The lowest BCUT2D eigenvalue weighted by atomic mass is 9.67. The number of benzene rings is 2. The van der Waals surface area contributed by atoms with E-state index in [1.54, 1.807) is 0 Å². The van der Waals surface area contributed by atoms with Gasteiger partial charge in [0.25, 0.3) is 5.91 Å². The first-order valence-corrected chi connectivity index (χ1v) is 10.8. The van der Waals surface area contributed by atoms with E-state index in [-0.39, 0.29) is 40.7 Å². The molecule has 0 fully saturated rings. The van der Waals surface area contributed by atoms with E-state index >= 15 is 0 Å². The number of allylic oxidation sites excluding steroid dienone is 2. The molecular weight excluding hydrogens is 438 g/mol. The van der Waals surface area contributed by atoms with Gasteiger partial charge in [-0.25, -0.2) is 0 Å². The van der Waals surface area contributed by atoms with Crippen LogP contribution in [0, 0.1) is 19.8 Å². The van der Waals surface area contributed by atoms with Crippen molar-refractivity contribution in [2.75, 3.05) is 7.11 Å². The summed E-state index contributed by atoms with van der Waals surface area (Å²) in [6, 6.07) is 7.16. The molecule has 0 spiro atoms. The Labute approximate surface area is 196 Å². The Hall–Kier alpha value is -3.94. The topological polar surface area (TPSA) is 119 Å². The maximum absolute atomic E-state index is 13.3. The van der Waals surface area contributed by atoms with Crippen LogP contribution in [-0.4, -0.2) is 35.5 Å². The van der Waals surface area contributed by atoms with Crippen molar-refractivity contribution in [3.8, 4) is 17.2 Å². The van der Waals surface area contributed by atoms with E-state index < -0.39 is 34.6 Å². The van der Waals surface area contributed by atoms with Gasteiger partial charge in [0.2, 0.25) is 0 Å². The van der Waals surface area contributed by atoms with Crippen LogP contribution in [0.2, 0.25) is 0 Å². The average Bonchev–Trinajstić information content (AvgIpc) is 3.04. The first-order valence-electron chi connectivity index (χ1n) is 10.8. The third-order valence-corrected chi connectivity index (χ3v) is 6.33. The number of hydrogen-bond donors (Lipinski definition) is 2. The lowest BCUT2D eigenvalue weighted by molar-refractivity contribution is -0.140. The third kappa shape index (κ3) is 3.46. The second-order valence-electron chi connectivity index (χ2n) is 8.90. The molecule has 0 saturated heterocycles. The van der Waals surface area contributed by atoms with Gasteiger partial charge < -0.3 is 19.9 Å². The number of ether oxygens (including phenoxy) is 2. The highest BCUT2D eigenvalue weighted by Gasteiger charge is 2.58. The Morgan fingerprint density at radius 1 is 1.15 bits per heavy atom. The molecule has 1 heterocycles. The monoisotopic (exact) mass is 463 g/mol. The summed E-state index contributed by atoms with van der Waals surface area (Å²) in [5, 5.41) is 13.6. The minimum absolute atomic E-state index is 0.0178. The summed E-state index contributed by atoms with van der Waals surface area (Å²) < 4.78 is 11.2. The summed E-state index contributed by atoms with van der Waals surface area (Å²) in [6.45, 7) is 6.79. The summed E-state index contributed by atoms with van der Waals surface area (Å²) >= 11 is 0. The van der Waals surface area contributed by atoms with Crippen LogP contribution in [0.5, 0.6) is 17.2 Å². The molecule has 2 aromatic carbocycles. The molecule has 1 aliphatic carbocycles. The van der Waals surface area contributed by atoms with Gasteiger partial charge in [-0.05, 0) is 33.3 Å². The molecule has 34 heavy (non-hydrogen) atoms. The van der Waals surface area contributed by atoms with Crippen molar-refractivity contribution in [3.05, 3.63) is 63.9 Å². The molecule has 2 atom stereocenters. The Morgan fingerprint density at radius 2 is 1.79 bits per heavy atom. The molecule has 4 rings (SSSR count). The number of amides is 1. The second kappa shape index (κ2) is 8.13. The van der Waals surface area contributed by atoms with Crippen LogP contribution in [0.4, 0.5) is 0 Å². The molecule has 2 aliphatic rings. The summed E-state index contributed by atoms with van der Waals surface area (Å²) in [5.41, 5.74) is 1.43. The van der Waals surface area contributed by atoms with Gasteiger partial charge >= 0.3 is 0 Å². The normalized spacial score (nSPS) is 20.7. The predicted molar refractivity (Wildman–Crippen MR) is 122 cm³/mol. The number of carbonyl (C=O) groups is 4. The highest BCUT2D eigenvalue weighted by Crippen LogP contribution is 2.56. The molecule has 2 aromatic rings. The molecule has 8 heteroatoms. The zero-order valence-corrected chi connectivity index (χ0v) is 19.6. The number of ketones is 3. The number of nitrogens with one attached hydrogen (secondary N) is 1. The first-order chi connectivity index (χ1) is 16.0. The molecule has 0 bridgehead atoms. The van der Waals surface area contributed by atoms with Gasteiger partial charge in [0, 0.05) is 18.7 Å². The number of Topliss-reactive ketones (excluding diaryl/α,β-unsaturated/α-hetero) is 2. The standard InChI is InChI=1S/C26H25NO7/c1-12-6-13(2)8-15(7-12)11-27-25(32)21-18(33-5)9-17(30)22-23(21)34-19-10-16(29)20(14(3)28)24(31)26(19,22)4/h6-10,20,30H,11H2,1-5H3,(H,27,32)/t20?,26-/m1/s1. The van der Waals surface area contributed by atoms with Crippen LogP contribution < -0.4 is 14.8 Å². The molecule has 2 N–H and O–H groups in total. The minimum Gasteiger partial charge on any atom is -0.507 e. The molecule has 1 amide bonds. The molecular formula is C26H25NO7. The molecule has 0 saturated carbocycles. The van der Waals surface area contributed by atoms with E-state index in [0.717, 1.165) is 22.8 Å². The summed E-state index contributed by atoms with van der Waals surface area (Å²) in [4.78, 5) is 51.1. The Bertz CT molecular complexity index is 1290. The summed E-state index contributed by atoms with van der Waals surface area (Å²) in [7, 11) is 1.34. The van der Waals surface area contributed by atoms with Crippen molar-refractivity contribution < 1.29 is 33.8 Å². The number of phenolic OH excluding ortho intramolecular Hbond substituents is 1. The minimum atomic E-state index is -1.60.